The molecule has 1 aromatic carbocycles. The van der Waals surface area contributed by atoms with Gasteiger partial charge < -0.3 is 0 Å². The van der Waals surface area contributed by atoms with Crippen LogP contribution in [0.15, 0.2) is 48.9 Å². The van der Waals surface area contributed by atoms with Gasteiger partial charge in [-0.05, 0) is 11.5 Å². The Kier molecular flexibility index (Phi) is 1.96. The maximum Gasteiger partial charge on any atom is 0.0811 e. The zero-order valence-corrected chi connectivity index (χ0v) is 8.96. The van der Waals surface area contributed by atoms with Crippen LogP contribution in [0.1, 0.15) is 0 Å². The van der Waals surface area contributed by atoms with E-state index < -0.39 is 0 Å². The van der Waals surface area contributed by atoms with Gasteiger partial charge >= 0.3 is 0 Å². The van der Waals surface area contributed by atoms with E-state index >= 15 is 0 Å². The van der Waals surface area contributed by atoms with Crippen LogP contribution in [0, 0.1) is 0 Å². The van der Waals surface area contributed by atoms with Gasteiger partial charge in [0.1, 0.15) is 0 Å². The fourth-order valence-corrected chi connectivity index (χ4v) is 1.89. The van der Waals surface area contributed by atoms with Gasteiger partial charge in [0.15, 0.2) is 0 Å². The fourth-order valence-electron chi connectivity index (χ4n) is 1.89. The van der Waals surface area contributed by atoms with Crippen molar-refractivity contribution < 1.29 is 0 Å². The third-order valence-corrected chi connectivity index (χ3v) is 2.65. The normalized spacial score (nSPS) is 10.8. The second-order valence-corrected chi connectivity index (χ2v) is 3.78. The van der Waals surface area contributed by atoms with Crippen LogP contribution in [-0.2, 0) is 7.05 Å². The molecule has 0 radical (unpaired) electrons. The Hall–Kier alpha value is -2.16. The van der Waals surface area contributed by atoms with Gasteiger partial charge in [0.25, 0.3) is 0 Å². The first-order valence-corrected chi connectivity index (χ1v) is 5.17. The summed E-state index contributed by atoms with van der Waals surface area (Å²) in [5.41, 5.74) is 2.05. The van der Waals surface area contributed by atoms with Crippen LogP contribution >= 0.6 is 0 Å². The Morgan fingerprint density at radius 3 is 2.81 bits per heavy atom. The van der Waals surface area contributed by atoms with E-state index in [1.807, 2.05) is 43.8 Å². The van der Waals surface area contributed by atoms with Crippen LogP contribution in [-0.4, -0.2) is 14.8 Å². The number of hydrogen-bond donors (Lipinski definition) is 0. The molecule has 2 heterocycles. The third kappa shape index (κ3) is 1.37. The predicted octanol–water partition coefficient (Wildman–Crippen LogP) is 2.64. The SMILES string of the molecule is Cn1cc(-c2nccc3ccccc23)cn1. The molecule has 0 aliphatic carbocycles. The largest absolute Gasteiger partial charge is 0.275 e. The summed E-state index contributed by atoms with van der Waals surface area (Å²) in [5, 5.41) is 6.55. The van der Waals surface area contributed by atoms with Crippen molar-refractivity contribution in [2.75, 3.05) is 0 Å². The Bertz CT molecular complexity index is 635. The number of benzene rings is 1. The van der Waals surface area contributed by atoms with Crippen molar-refractivity contribution in [1.29, 1.82) is 0 Å². The van der Waals surface area contributed by atoms with E-state index in [1.165, 1.54) is 5.39 Å². The fraction of sp³-hybridized carbons (Fsp3) is 0.0769. The first-order valence-electron chi connectivity index (χ1n) is 5.17. The summed E-state index contributed by atoms with van der Waals surface area (Å²) >= 11 is 0. The number of aryl methyl sites for hydroxylation is 1. The Labute approximate surface area is 93.4 Å². The standard InChI is InChI=1S/C13H11N3/c1-16-9-11(8-15-16)13-12-5-3-2-4-10(12)6-7-14-13/h2-9H,1H3. The quantitative estimate of drug-likeness (QED) is 0.616. The first kappa shape index (κ1) is 9.09. The lowest BCUT2D eigenvalue weighted by Gasteiger charge is -2.02. The van der Waals surface area contributed by atoms with Crippen molar-refractivity contribution in [3.05, 3.63) is 48.9 Å². The van der Waals surface area contributed by atoms with Gasteiger partial charge in [0.05, 0.1) is 11.9 Å². The molecule has 0 bridgehead atoms. The first-order chi connectivity index (χ1) is 7.84. The molecule has 3 rings (SSSR count). The summed E-state index contributed by atoms with van der Waals surface area (Å²) in [7, 11) is 1.91. The highest BCUT2D eigenvalue weighted by Gasteiger charge is 2.05. The molecule has 3 nitrogen and oxygen atoms in total. The van der Waals surface area contributed by atoms with Gasteiger partial charge in [-0.1, -0.05) is 24.3 Å². The van der Waals surface area contributed by atoms with Gasteiger partial charge in [-0.2, -0.15) is 5.10 Å². The summed E-state index contributed by atoms with van der Waals surface area (Å²) < 4.78 is 1.79. The van der Waals surface area contributed by atoms with E-state index in [2.05, 4.69) is 22.2 Å². The Morgan fingerprint density at radius 1 is 1.12 bits per heavy atom. The lowest BCUT2D eigenvalue weighted by atomic mass is 10.1. The van der Waals surface area contributed by atoms with E-state index in [0.29, 0.717) is 0 Å². The summed E-state index contributed by atoms with van der Waals surface area (Å²) in [4.78, 5) is 4.44. The summed E-state index contributed by atoms with van der Waals surface area (Å²) in [6.07, 6.45) is 5.66. The second-order valence-electron chi connectivity index (χ2n) is 3.78. The predicted molar refractivity (Wildman–Crippen MR) is 63.9 cm³/mol. The molecule has 16 heavy (non-hydrogen) atoms. The highest BCUT2D eigenvalue weighted by molar-refractivity contribution is 5.94. The van der Waals surface area contributed by atoms with Crippen molar-refractivity contribution in [2.45, 2.75) is 0 Å². The zero-order valence-electron chi connectivity index (χ0n) is 8.96. The molecule has 3 aromatic rings. The van der Waals surface area contributed by atoms with E-state index in [0.717, 1.165) is 16.6 Å². The molecule has 0 unspecified atom stereocenters. The third-order valence-electron chi connectivity index (χ3n) is 2.65. The van der Waals surface area contributed by atoms with Gasteiger partial charge in [-0.15, -0.1) is 0 Å². The van der Waals surface area contributed by atoms with Crippen molar-refractivity contribution in [3.63, 3.8) is 0 Å². The smallest absolute Gasteiger partial charge is 0.0811 e. The minimum absolute atomic E-state index is 0.992. The van der Waals surface area contributed by atoms with E-state index in [-0.39, 0.29) is 0 Å². The van der Waals surface area contributed by atoms with Crippen LogP contribution in [0.2, 0.25) is 0 Å². The van der Waals surface area contributed by atoms with Crippen molar-refractivity contribution in [1.82, 2.24) is 14.8 Å². The average Bonchev–Trinajstić information content (AvgIpc) is 2.75. The van der Waals surface area contributed by atoms with E-state index in [4.69, 9.17) is 0 Å². The molecule has 0 atom stereocenters. The van der Waals surface area contributed by atoms with E-state index in [9.17, 15) is 0 Å². The molecule has 0 spiro atoms. The van der Waals surface area contributed by atoms with Crippen molar-refractivity contribution >= 4 is 10.8 Å². The maximum atomic E-state index is 4.44. The Morgan fingerprint density at radius 2 is 2.00 bits per heavy atom. The van der Waals surface area contributed by atoms with E-state index in [1.54, 1.807) is 4.68 Å². The molecule has 0 fully saturated rings. The lowest BCUT2D eigenvalue weighted by Crippen LogP contribution is -1.85. The molecule has 0 saturated heterocycles. The maximum absolute atomic E-state index is 4.44. The summed E-state index contributed by atoms with van der Waals surface area (Å²) in [6.45, 7) is 0. The molecule has 2 aromatic heterocycles. The number of hydrogen-bond acceptors (Lipinski definition) is 2. The molecule has 0 aliphatic rings. The monoisotopic (exact) mass is 209 g/mol. The average molecular weight is 209 g/mol. The second kappa shape index (κ2) is 3.45. The number of aromatic nitrogens is 3. The molecule has 0 N–H and O–H groups in total. The van der Waals surface area contributed by atoms with Crippen LogP contribution in [0.3, 0.4) is 0 Å². The van der Waals surface area contributed by atoms with Crippen LogP contribution in [0.4, 0.5) is 0 Å². The van der Waals surface area contributed by atoms with Gasteiger partial charge in [0, 0.05) is 30.4 Å². The summed E-state index contributed by atoms with van der Waals surface area (Å²) in [6, 6.07) is 10.3. The minimum atomic E-state index is 0.992. The summed E-state index contributed by atoms with van der Waals surface area (Å²) in [5.74, 6) is 0. The molecular formula is C13H11N3. The number of pyridine rings is 1. The van der Waals surface area contributed by atoms with Gasteiger partial charge in [0.2, 0.25) is 0 Å². The molecule has 3 heteroatoms. The number of nitrogens with zero attached hydrogens (tertiary/aromatic N) is 3. The van der Waals surface area contributed by atoms with Crippen molar-refractivity contribution in [3.8, 4) is 11.3 Å². The molecular weight excluding hydrogens is 198 g/mol. The minimum Gasteiger partial charge on any atom is -0.275 e. The number of fused-ring (bicyclic) bond motifs is 1. The molecule has 0 saturated carbocycles. The molecule has 0 amide bonds. The highest BCUT2D eigenvalue weighted by Crippen LogP contribution is 2.25. The van der Waals surface area contributed by atoms with Gasteiger partial charge in [-0.25, -0.2) is 0 Å². The van der Waals surface area contributed by atoms with Gasteiger partial charge in [-0.3, -0.25) is 9.67 Å². The highest BCUT2D eigenvalue weighted by atomic mass is 15.2. The molecule has 0 aliphatic heterocycles. The van der Waals surface area contributed by atoms with Crippen LogP contribution in [0.25, 0.3) is 22.0 Å². The topological polar surface area (TPSA) is 30.7 Å². The van der Waals surface area contributed by atoms with Crippen LogP contribution in [0.5, 0.6) is 0 Å². The Balaban J connectivity index is 2.31. The van der Waals surface area contributed by atoms with Crippen molar-refractivity contribution in [2.24, 2.45) is 7.05 Å². The van der Waals surface area contributed by atoms with Crippen LogP contribution < -0.4 is 0 Å². The zero-order chi connectivity index (χ0) is 11.0. The molecule has 78 valence electrons. The number of rotatable bonds is 1. The lowest BCUT2D eigenvalue weighted by molar-refractivity contribution is 0.768.